The molecule has 1 amide bonds. The van der Waals surface area contributed by atoms with Crippen LogP contribution in [0.2, 0.25) is 0 Å². The molecule has 1 unspecified atom stereocenters. The Morgan fingerprint density at radius 2 is 2.37 bits per heavy atom. The predicted octanol–water partition coefficient (Wildman–Crippen LogP) is 1.48. The summed E-state index contributed by atoms with van der Waals surface area (Å²) < 4.78 is 1.69. The van der Waals surface area contributed by atoms with Crippen molar-refractivity contribution in [3.63, 3.8) is 0 Å². The summed E-state index contributed by atoms with van der Waals surface area (Å²) in [5.74, 6) is -0.0427. The average molecular weight is 301 g/mol. The van der Waals surface area contributed by atoms with E-state index in [9.17, 15) is 4.79 Å². The molecule has 0 aromatic carbocycles. The summed E-state index contributed by atoms with van der Waals surface area (Å²) in [6, 6.07) is 3.62. The first kappa shape index (κ1) is 15.7. The van der Waals surface area contributed by atoms with Crippen LogP contribution in [0, 0.1) is 0 Å². The van der Waals surface area contributed by atoms with E-state index in [1.54, 1.807) is 29.3 Å². The van der Waals surface area contributed by atoms with Crippen molar-refractivity contribution < 1.29 is 4.79 Å². The second kappa shape index (κ2) is 7.28. The van der Waals surface area contributed by atoms with Crippen molar-refractivity contribution in [2.45, 2.75) is 12.6 Å². The first-order valence-electron chi connectivity index (χ1n) is 5.66. The zero-order valence-corrected chi connectivity index (χ0v) is 12.4. The molecule has 0 aliphatic heterocycles. The van der Waals surface area contributed by atoms with Gasteiger partial charge >= 0.3 is 0 Å². The van der Waals surface area contributed by atoms with Gasteiger partial charge in [0.2, 0.25) is 5.91 Å². The van der Waals surface area contributed by atoms with E-state index >= 15 is 0 Å². The maximum Gasteiger partial charge on any atom is 0.242 e. The standard InChI is InChI=1S/C12H16N4OS.ClH/c1-13-11(9-6-15-16(2)8-9)12(17)14-7-10-4-3-5-18-10;/h3-6,8,11,13H,7H2,1-2H3,(H,14,17);1H. The van der Waals surface area contributed by atoms with Crippen molar-refractivity contribution in [3.8, 4) is 0 Å². The molecule has 1 atom stereocenters. The van der Waals surface area contributed by atoms with E-state index in [-0.39, 0.29) is 24.4 Å². The summed E-state index contributed by atoms with van der Waals surface area (Å²) in [4.78, 5) is 13.2. The summed E-state index contributed by atoms with van der Waals surface area (Å²) in [6.45, 7) is 0.564. The van der Waals surface area contributed by atoms with Crippen molar-refractivity contribution in [2.24, 2.45) is 7.05 Å². The van der Waals surface area contributed by atoms with Gasteiger partial charge in [0.15, 0.2) is 0 Å². The Morgan fingerprint density at radius 1 is 1.58 bits per heavy atom. The molecule has 5 nitrogen and oxygen atoms in total. The zero-order chi connectivity index (χ0) is 13.0. The predicted molar refractivity (Wildman–Crippen MR) is 78.4 cm³/mol. The monoisotopic (exact) mass is 300 g/mol. The van der Waals surface area contributed by atoms with Gasteiger partial charge in [-0.05, 0) is 18.5 Å². The third-order valence-corrected chi connectivity index (χ3v) is 3.50. The lowest BCUT2D eigenvalue weighted by molar-refractivity contribution is -0.123. The van der Waals surface area contributed by atoms with Crippen LogP contribution in [0.1, 0.15) is 16.5 Å². The minimum atomic E-state index is -0.362. The highest BCUT2D eigenvalue weighted by molar-refractivity contribution is 7.09. The average Bonchev–Trinajstić information content (AvgIpc) is 2.99. The molecule has 0 bridgehead atoms. The summed E-state index contributed by atoms with van der Waals surface area (Å²) in [5, 5.41) is 12.0. The van der Waals surface area contributed by atoms with Gasteiger partial charge in [0.1, 0.15) is 6.04 Å². The van der Waals surface area contributed by atoms with Crippen LogP contribution in [-0.4, -0.2) is 22.7 Å². The quantitative estimate of drug-likeness (QED) is 0.879. The number of amides is 1. The van der Waals surface area contributed by atoms with Gasteiger partial charge in [0, 0.05) is 23.7 Å². The summed E-state index contributed by atoms with van der Waals surface area (Å²) in [5.41, 5.74) is 0.865. The molecule has 2 N–H and O–H groups in total. The SMILES string of the molecule is CNC(C(=O)NCc1cccs1)c1cnn(C)c1.Cl. The highest BCUT2D eigenvalue weighted by Gasteiger charge is 2.19. The van der Waals surface area contributed by atoms with Crippen molar-refractivity contribution in [3.05, 3.63) is 40.3 Å². The van der Waals surface area contributed by atoms with E-state index in [1.807, 2.05) is 30.8 Å². The third kappa shape index (κ3) is 4.05. The van der Waals surface area contributed by atoms with Crippen LogP contribution < -0.4 is 10.6 Å². The molecule has 0 radical (unpaired) electrons. The van der Waals surface area contributed by atoms with E-state index in [2.05, 4.69) is 15.7 Å². The number of hydrogen-bond donors (Lipinski definition) is 2. The van der Waals surface area contributed by atoms with Gasteiger partial charge in [-0.2, -0.15) is 5.10 Å². The van der Waals surface area contributed by atoms with Crippen LogP contribution in [0.4, 0.5) is 0 Å². The molecular formula is C12H17ClN4OS. The van der Waals surface area contributed by atoms with Crippen molar-refractivity contribution in [1.29, 1.82) is 0 Å². The van der Waals surface area contributed by atoms with E-state index < -0.39 is 0 Å². The molecule has 2 rings (SSSR count). The number of carbonyl (C=O) groups excluding carboxylic acids is 1. The topological polar surface area (TPSA) is 59.0 Å². The molecule has 0 aliphatic rings. The Labute approximate surface area is 122 Å². The zero-order valence-electron chi connectivity index (χ0n) is 10.8. The van der Waals surface area contributed by atoms with Crippen LogP contribution in [0.3, 0.4) is 0 Å². The van der Waals surface area contributed by atoms with Crippen molar-refractivity contribution in [2.75, 3.05) is 7.05 Å². The highest BCUT2D eigenvalue weighted by Crippen LogP contribution is 2.12. The molecule has 2 heterocycles. The number of halogens is 1. The van der Waals surface area contributed by atoms with Gasteiger partial charge in [-0.15, -0.1) is 23.7 Å². The minimum absolute atomic E-state index is 0. The molecular weight excluding hydrogens is 284 g/mol. The number of rotatable bonds is 5. The number of aryl methyl sites for hydroxylation is 1. The van der Waals surface area contributed by atoms with E-state index in [4.69, 9.17) is 0 Å². The van der Waals surface area contributed by atoms with Gasteiger partial charge < -0.3 is 10.6 Å². The van der Waals surface area contributed by atoms with Crippen LogP contribution in [-0.2, 0) is 18.4 Å². The Morgan fingerprint density at radius 3 is 2.89 bits per heavy atom. The molecule has 104 valence electrons. The van der Waals surface area contributed by atoms with Gasteiger partial charge in [-0.3, -0.25) is 9.48 Å². The van der Waals surface area contributed by atoms with Crippen molar-refractivity contribution >= 4 is 29.7 Å². The van der Waals surface area contributed by atoms with Crippen LogP contribution in [0.15, 0.2) is 29.9 Å². The highest BCUT2D eigenvalue weighted by atomic mass is 35.5. The normalized spacial score (nSPS) is 11.7. The summed E-state index contributed by atoms with van der Waals surface area (Å²) in [7, 11) is 3.60. The smallest absolute Gasteiger partial charge is 0.242 e. The minimum Gasteiger partial charge on any atom is -0.350 e. The fourth-order valence-corrected chi connectivity index (χ4v) is 2.37. The van der Waals surface area contributed by atoms with E-state index in [0.29, 0.717) is 6.54 Å². The van der Waals surface area contributed by atoms with Crippen LogP contribution in [0.25, 0.3) is 0 Å². The van der Waals surface area contributed by atoms with Gasteiger partial charge in [0.05, 0.1) is 12.7 Å². The van der Waals surface area contributed by atoms with E-state index in [1.165, 1.54) is 0 Å². The molecule has 0 spiro atoms. The lowest BCUT2D eigenvalue weighted by atomic mass is 10.1. The van der Waals surface area contributed by atoms with Crippen molar-refractivity contribution in [1.82, 2.24) is 20.4 Å². The molecule has 19 heavy (non-hydrogen) atoms. The summed E-state index contributed by atoms with van der Waals surface area (Å²) in [6.07, 6.45) is 3.54. The second-order valence-corrected chi connectivity index (χ2v) is 5.00. The Hall–Kier alpha value is -1.37. The summed E-state index contributed by atoms with van der Waals surface area (Å²) >= 11 is 1.63. The first-order chi connectivity index (χ1) is 8.70. The number of carbonyl (C=O) groups is 1. The van der Waals surface area contributed by atoms with Gasteiger partial charge in [-0.25, -0.2) is 0 Å². The fourth-order valence-electron chi connectivity index (χ4n) is 1.73. The van der Waals surface area contributed by atoms with Gasteiger partial charge in [-0.1, -0.05) is 6.07 Å². The Bertz CT molecular complexity index is 512. The van der Waals surface area contributed by atoms with Crippen LogP contribution in [0.5, 0.6) is 0 Å². The Balaban J connectivity index is 0.00000180. The number of nitrogens with zero attached hydrogens (tertiary/aromatic N) is 2. The van der Waals surface area contributed by atoms with Crippen LogP contribution >= 0.6 is 23.7 Å². The lowest BCUT2D eigenvalue weighted by Crippen LogP contribution is -2.35. The molecule has 0 fully saturated rings. The Kier molecular flexibility index (Phi) is 6.01. The maximum atomic E-state index is 12.1. The molecule has 0 aliphatic carbocycles. The van der Waals surface area contributed by atoms with Gasteiger partial charge in [0.25, 0.3) is 0 Å². The molecule has 2 aromatic rings. The largest absolute Gasteiger partial charge is 0.350 e. The number of aromatic nitrogens is 2. The van der Waals surface area contributed by atoms with E-state index in [0.717, 1.165) is 10.4 Å². The third-order valence-electron chi connectivity index (χ3n) is 2.63. The number of thiophene rings is 1. The number of nitrogens with one attached hydrogen (secondary N) is 2. The number of likely N-dealkylation sites (N-methyl/N-ethyl adjacent to an activating group) is 1. The second-order valence-electron chi connectivity index (χ2n) is 3.97. The molecule has 0 saturated heterocycles. The molecule has 7 heteroatoms. The molecule has 0 saturated carbocycles. The fraction of sp³-hybridized carbons (Fsp3) is 0.333. The maximum absolute atomic E-state index is 12.1. The number of hydrogen-bond acceptors (Lipinski definition) is 4. The molecule has 2 aromatic heterocycles. The lowest BCUT2D eigenvalue weighted by Gasteiger charge is -2.14. The first-order valence-corrected chi connectivity index (χ1v) is 6.54.